The van der Waals surface area contributed by atoms with E-state index in [0.29, 0.717) is 34.4 Å². The number of ether oxygens (including phenoxy) is 1. The Morgan fingerprint density at radius 3 is 2.79 bits per heavy atom. The molecule has 0 rings (SSSR count). The Morgan fingerprint density at radius 1 is 1.58 bits per heavy atom. The normalized spacial score (nSPS) is 12.6. The van der Waals surface area contributed by atoms with Gasteiger partial charge in [0, 0.05) is 30.0 Å². The quantitative estimate of drug-likeness (QED) is 0.225. The number of nitrogens with zero attached hydrogens (tertiary/aromatic N) is 2. The number of nitriles is 1. The van der Waals surface area contributed by atoms with Crippen molar-refractivity contribution in [3.05, 3.63) is 12.2 Å². The van der Waals surface area contributed by atoms with Gasteiger partial charge in [0.25, 0.3) is 0 Å². The fraction of sp³-hybridized carbons (Fsp3) is 0.583. The number of hydrogen-bond acceptors (Lipinski definition) is 6. The third kappa shape index (κ3) is 9.45. The summed E-state index contributed by atoms with van der Waals surface area (Å²) in [5.74, 6) is 0.126. The van der Waals surface area contributed by atoms with Crippen molar-refractivity contribution in [2.75, 3.05) is 24.0 Å². The van der Waals surface area contributed by atoms with E-state index in [9.17, 15) is 9.00 Å². The summed E-state index contributed by atoms with van der Waals surface area (Å²) in [5.41, 5.74) is 0.295. The highest BCUT2D eigenvalue weighted by molar-refractivity contribution is 8.21. The maximum atomic E-state index is 11.7. The fourth-order valence-electron chi connectivity index (χ4n) is 1.04. The molecule has 0 aliphatic rings. The molecule has 0 aliphatic heterocycles. The van der Waals surface area contributed by atoms with E-state index in [0.717, 1.165) is 0 Å². The molecule has 0 fully saturated rings. The molecule has 0 aromatic heterocycles. The van der Waals surface area contributed by atoms with Gasteiger partial charge in [-0.25, -0.2) is 0 Å². The molecule has 0 aromatic carbocycles. The van der Waals surface area contributed by atoms with Gasteiger partial charge in [-0.05, 0) is 13.3 Å². The molecule has 5 nitrogen and oxygen atoms in total. The van der Waals surface area contributed by atoms with Crippen molar-refractivity contribution < 1.29 is 13.7 Å². The molecule has 0 amide bonds. The Labute approximate surface area is 120 Å². The van der Waals surface area contributed by atoms with Gasteiger partial charge in [0.15, 0.2) is 0 Å². The van der Waals surface area contributed by atoms with E-state index in [-0.39, 0.29) is 12.6 Å². The highest BCUT2D eigenvalue weighted by atomic mass is 32.2. The summed E-state index contributed by atoms with van der Waals surface area (Å²) in [6.45, 7) is 7.64. The van der Waals surface area contributed by atoms with Crippen LogP contribution in [0.4, 0.5) is 0 Å². The van der Waals surface area contributed by atoms with Crippen LogP contribution in [0.3, 0.4) is 0 Å². The molecule has 0 radical (unpaired) electrons. The van der Waals surface area contributed by atoms with Crippen molar-refractivity contribution in [2.45, 2.75) is 20.3 Å². The van der Waals surface area contributed by atoms with Crippen molar-refractivity contribution in [3.63, 3.8) is 0 Å². The first-order chi connectivity index (χ1) is 9.01. The molecule has 0 saturated carbocycles. The van der Waals surface area contributed by atoms with E-state index < -0.39 is 10.8 Å². The van der Waals surface area contributed by atoms with E-state index in [1.54, 1.807) is 0 Å². The second-order valence-electron chi connectivity index (χ2n) is 3.47. The number of hydrogen-bond donors (Lipinski definition) is 0. The Hall–Kier alpha value is -1.13. The van der Waals surface area contributed by atoms with Crippen molar-refractivity contribution >= 4 is 33.6 Å². The number of rotatable bonds is 8. The monoisotopic (exact) mass is 302 g/mol. The van der Waals surface area contributed by atoms with Gasteiger partial charge in [0.2, 0.25) is 0 Å². The van der Waals surface area contributed by atoms with Crippen molar-refractivity contribution in [1.29, 1.82) is 5.26 Å². The number of carbonyl (C=O) groups excluding carboxylic acids is 1. The van der Waals surface area contributed by atoms with Gasteiger partial charge in [0.05, 0.1) is 17.3 Å². The third-order valence-corrected chi connectivity index (χ3v) is 4.76. The molecular formula is C12H18N2O3S2. The number of thioether (sulfide) groups is 1. The summed E-state index contributed by atoms with van der Waals surface area (Å²) in [5, 5.41) is 9.66. The number of esters is 1. The van der Waals surface area contributed by atoms with Crippen LogP contribution in [0.2, 0.25) is 0 Å². The van der Waals surface area contributed by atoms with Crippen molar-refractivity contribution in [2.24, 2.45) is 4.99 Å². The molecule has 7 heteroatoms. The minimum Gasteiger partial charge on any atom is -0.466 e. The number of carbonyl (C=O) groups is 1. The topological polar surface area (TPSA) is 79.5 Å². The van der Waals surface area contributed by atoms with E-state index in [1.165, 1.54) is 18.7 Å². The standard InChI is InChI=1S/C12H18N2O3S2/c1-4-14-12(10(2)8-13)18-9-19(16)7-5-6-17-11(3)15/h2,4-7,9H2,1,3H3. The van der Waals surface area contributed by atoms with Crippen LogP contribution >= 0.6 is 11.8 Å². The zero-order valence-electron chi connectivity index (χ0n) is 11.2. The second kappa shape index (κ2) is 10.8. The highest BCUT2D eigenvalue weighted by Gasteiger charge is 2.08. The first-order valence-corrected chi connectivity index (χ1v) is 8.23. The van der Waals surface area contributed by atoms with Crippen LogP contribution in [0.5, 0.6) is 0 Å². The Kier molecular flexibility index (Phi) is 10.1. The minimum atomic E-state index is -1.04. The van der Waals surface area contributed by atoms with E-state index in [1.807, 2.05) is 13.0 Å². The minimum absolute atomic E-state index is 0.284. The SMILES string of the molecule is C=C(C#N)C(=NCC)SCS(=O)CCCOC(C)=O. The van der Waals surface area contributed by atoms with Gasteiger partial charge < -0.3 is 4.74 Å². The molecule has 0 bridgehead atoms. The summed E-state index contributed by atoms with van der Waals surface area (Å²) in [7, 11) is -1.04. The molecule has 0 heterocycles. The molecule has 0 N–H and O–H groups in total. The molecule has 0 aliphatic carbocycles. The van der Waals surface area contributed by atoms with Crippen molar-refractivity contribution in [3.8, 4) is 6.07 Å². The van der Waals surface area contributed by atoms with Crippen LogP contribution in [-0.4, -0.2) is 39.2 Å². The molecule has 0 spiro atoms. The summed E-state index contributed by atoms with van der Waals surface area (Å²) in [6, 6.07) is 1.94. The molecule has 19 heavy (non-hydrogen) atoms. The second-order valence-corrected chi connectivity index (χ2v) is 6.38. The van der Waals surface area contributed by atoms with E-state index in [4.69, 9.17) is 10.00 Å². The van der Waals surface area contributed by atoms with Crippen LogP contribution in [0.1, 0.15) is 20.3 Å². The van der Waals surface area contributed by atoms with Gasteiger partial charge in [-0.2, -0.15) is 5.26 Å². The van der Waals surface area contributed by atoms with Gasteiger partial charge >= 0.3 is 5.97 Å². The summed E-state index contributed by atoms with van der Waals surface area (Å²) in [6.07, 6.45) is 0.562. The van der Waals surface area contributed by atoms with Crippen LogP contribution in [0.25, 0.3) is 0 Å². The zero-order valence-corrected chi connectivity index (χ0v) is 12.8. The lowest BCUT2D eigenvalue weighted by Crippen LogP contribution is -2.08. The predicted octanol–water partition coefficient (Wildman–Crippen LogP) is 1.88. The Bertz CT molecular complexity index is 414. The zero-order chi connectivity index (χ0) is 14.7. The van der Waals surface area contributed by atoms with Crippen LogP contribution in [0, 0.1) is 11.3 Å². The highest BCUT2D eigenvalue weighted by Crippen LogP contribution is 2.13. The Balaban J connectivity index is 4.00. The largest absolute Gasteiger partial charge is 0.466 e. The van der Waals surface area contributed by atoms with Crippen LogP contribution in [0.15, 0.2) is 17.1 Å². The molecule has 0 saturated heterocycles. The molecule has 1 unspecified atom stereocenters. The van der Waals surface area contributed by atoms with Crippen molar-refractivity contribution in [1.82, 2.24) is 0 Å². The molecule has 0 aromatic rings. The van der Waals surface area contributed by atoms with Crippen LogP contribution < -0.4 is 0 Å². The fourth-order valence-corrected chi connectivity index (χ4v) is 3.36. The molecule has 106 valence electrons. The van der Waals surface area contributed by atoms with E-state index in [2.05, 4.69) is 11.6 Å². The lowest BCUT2D eigenvalue weighted by Gasteiger charge is -2.05. The van der Waals surface area contributed by atoms with Gasteiger partial charge in [0.1, 0.15) is 11.1 Å². The summed E-state index contributed by atoms with van der Waals surface area (Å²) >= 11 is 1.27. The summed E-state index contributed by atoms with van der Waals surface area (Å²) < 4.78 is 16.4. The molecular weight excluding hydrogens is 284 g/mol. The van der Waals surface area contributed by atoms with Gasteiger partial charge in [-0.1, -0.05) is 18.3 Å². The number of aliphatic imine (C=N–C) groups is 1. The maximum absolute atomic E-state index is 11.7. The van der Waals surface area contributed by atoms with Gasteiger partial charge in [-0.3, -0.25) is 14.0 Å². The summed E-state index contributed by atoms with van der Waals surface area (Å²) in [4.78, 5) is 14.7. The van der Waals surface area contributed by atoms with E-state index >= 15 is 0 Å². The average Bonchev–Trinajstić information content (AvgIpc) is 2.38. The smallest absolute Gasteiger partial charge is 0.302 e. The first kappa shape index (κ1) is 17.9. The first-order valence-electron chi connectivity index (χ1n) is 5.76. The maximum Gasteiger partial charge on any atom is 0.302 e. The predicted molar refractivity (Wildman–Crippen MR) is 79.4 cm³/mol. The molecule has 1 atom stereocenters. The lowest BCUT2D eigenvalue weighted by atomic mass is 10.4. The third-order valence-electron chi connectivity index (χ3n) is 1.84. The van der Waals surface area contributed by atoms with Crippen LogP contribution in [-0.2, 0) is 20.3 Å². The van der Waals surface area contributed by atoms with Gasteiger partial charge in [-0.15, -0.1) is 0 Å². The lowest BCUT2D eigenvalue weighted by molar-refractivity contribution is -0.140. The Morgan fingerprint density at radius 2 is 2.26 bits per heavy atom. The average molecular weight is 302 g/mol.